The van der Waals surface area contributed by atoms with Gasteiger partial charge in [0.05, 0.1) is 20.6 Å². The number of methoxy groups -OCH3 is 2. The maximum atomic E-state index is 12.7. The average Bonchev–Trinajstić information content (AvgIpc) is 2.59. The highest BCUT2D eigenvalue weighted by molar-refractivity contribution is 5.89. The van der Waals surface area contributed by atoms with Crippen molar-refractivity contribution in [1.29, 1.82) is 0 Å². The lowest BCUT2D eigenvalue weighted by molar-refractivity contribution is -0.153. The van der Waals surface area contributed by atoms with Crippen LogP contribution in [0.3, 0.4) is 0 Å². The zero-order chi connectivity index (χ0) is 18.6. The van der Waals surface area contributed by atoms with Crippen molar-refractivity contribution >= 4 is 11.9 Å². The van der Waals surface area contributed by atoms with Crippen LogP contribution in [0.2, 0.25) is 0 Å². The van der Waals surface area contributed by atoms with E-state index >= 15 is 0 Å². The molecule has 138 valence electrons. The molecule has 1 amide bonds. The molecule has 2 rings (SSSR count). The summed E-state index contributed by atoms with van der Waals surface area (Å²) >= 11 is 0. The Morgan fingerprint density at radius 2 is 1.72 bits per heavy atom. The van der Waals surface area contributed by atoms with Crippen LogP contribution in [0.4, 0.5) is 0 Å². The zero-order valence-electron chi connectivity index (χ0n) is 15.9. The molecule has 0 atom stereocenters. The molecule has 1 saturated carbocycles. The number of amides is 1. The first kappa shape index (κ1) is 19.3. The summed E-state index contributed by atoms with van der Waals surface area (Å²) in [6.45, 7) is 6.11. The first-order valence-electron chi connectivity index (χ1n) is 8.85. The summed E-state index contributed by atoms with van der Waals surface area (Å²) in [5.74, 6) is 0.875. The number of hydrogen-bond donors (Lipinski definition) is 1. The predicted octanol–water partition coefficient (Wildman–Crippen LogP) is 3.09. The van der Waals surface area contributed by atoms with Crippen molar-refractivity contribution in [1.82, 2.24) is 5.32 Å². The molecule has 0 aliphatic heterocycles. The lowest BCUT2D eigenvalue weighted by Gasteiger charge is -2.37. The largest absolute Gasteiger partial charge is 0.497 e. The summed E-state index contributed by atoms with van der Waals surface area (Å²) in [5.41, 5.74) is 2.11. The van der Waals surface area contributed by atoms with Gasteiger partial charge in [0.2, 0.25) is 5.91 Å². The molecular formula is C20H29NO4. The molecule has 0 aromatic heterocycles. The van der Waals surface area contributed by atoms with Gasteiger partial charge in [-0.05, 0) is 74.3 Å². The molecule has 1 fully saturated rings. The molecule has 1 aromatic carbocycles. The van der Waals surface area contributed by atoms with Gasteiger partial charge in [0.15, 0.2) is 0 Å². The molecule has 0 spiro atoms. The van der Waals surface area contributed by atoms with Gasteiger partial charge in [0.1, 0.15) is 11.3 Å². The van der Waals surface area contributed by atoms with E-state index in [0.29, 0.717) is 18.8 Å². The minimum atomic E-state index is -0.882. The fraction of sp³-hybridized carbons (Fsp3) is 0.600. The fourth-order valence-electron chi connectivity index (χ4n) is 3.65. The lowest BCUT2D eigenvalue weighted by atomic mass is 9.77. The Labute approximate surface area is 150 Å². The van der Waals surface area contributed by atoms with Crippen LogP contribution in [0.5, 0.6) is 5.75 Å². The van der Waals surface area contributed by atoms with Crippen molar-refractivity contribution in [2.45, 2.75) is 58.4 Å². The van der Waals surface area contributed by atoms with Gasteiger partial charge in [-0.25, -0.2) is 4.79 Å². The minimum absolute atomic E-state index is 0.142. The van der Waals surface area contributed by atoms with Crippen LogP contribution in [0, 0.1) is 19.8 Å². The van der Waals surface area contributed by atoms with Crippen LogP contribution >= 0.6 is 0 Å². The maximum absolute atomic E-state index is 12.7. The molecule has 0 bridgehead atoms. The molecule has 1 aromatic rings. The molecule has 0 saturated heterocycles. The Bertz CT molecular complexity index is 622. The van der Waals surface area contributed by atoms with Crippen LogP contribution in [-0.2, 0) is 20.7 Å². The lowest BCUT2D eigenvalue weighted by Crippen LogP contribution is -2.57. The molecule has 1 aliphatic carbocycles. The topological polar surface area (TPSA) is 64.6 Å². The third-order valence-electron chi connectivity index (χ3n) is 5.33. The quantitative estimate of drug-likeness (QED) is 0.831. The molecule has 0 heterocycles. The summed E-state index contributed by atoms with van der Waals surface area (Å²) in [7, 11) is 3.01. The van der Waals surface area contributed by atoms with Gasteiger partial charge in [0, 0.05) is 0 Å². The second-order valence-electron chi connectivity index (χ2n) is 7.22. The minimum Gasteiger partial charge on any atom is -0.497 e. The number of ether oxygens (including phenoxy) is 2. The normalized spacial score (nSPS) is 23.0. The van der Waals surface area contributed by atoms with Crippen molar-refractivity contribution in [2.24, 2.45) is 5.92 Å². The Balaban J connectivity index is 2.16. The standard InChI is InChI=1S/C20H29NO4/c1-13-6-8-20(9-7-13,19(23)25-5)21-18(22)12-17-14(2)10-16(24-4)11-15(17)3/h10-11,13H,6-9,12H2,1-5H3,(H,21,22). The highest BCUT2D eigenvalue weighted by Crippen LogP contribution is 2.33. The number of aryl methyl sites for hydroxylation is 2. The van der Waals surface area contributed by atoms with Crippen molar-refractivity contribution in [3.63, 3.8) is 0 Å². The number of esters is 1. The van der Waals surface area contributed by atoms with E-state index in [2.05, 4.69) is 12.2 Å². The summed E-state index contributed by atoms with van der Waals surface area (Å²) in [6, 6.07) is 3.85. The van der Waals surface area contributed by atoms with Gasteiger partial charge in [0.25, 0.3) is 0 Å². The number of benzene rings is 1. The smallest absolute Gasteiger partial charge is 0.331 e. The van der Waals surface area contributed by atoms with Gasteiger partial charge in [-0.3, -0.25) is 4.79 Å². The summed E-state index contributed by atoms with van der Waals surface area (Å²) in [5, 5.41) is 2.99. The fourth-order valence-corrected chi connectivity index (χ4v) is 3.65. The number of hydrogen-bond acceptors (Lipinski definition) is 4. The van der Waals surface area contributed by atoms with Crippen molar-refractivity contribution < 1.29 is 19.1 Å². The number of carbonyl (C=O) groups is 2. The van der Waals surface area contributed by atoms with Crippen LogP contribution in [0.25, 0.3) is 0 Å². The Hall–Kier alpha value is -2.04. The molecule has 1 aliphatic rings. The van der Waals surface area contributed by atoms with Crippen molar-refractivity contribution in [3.8, 4) is 5.75 Å². The van der Waals surface area contributed by atoms with Crippen LogP contribution < -0.4 is 10.1 Å². The zero-order valence-corrected chi connectivity index (χ0v) is 15.9. The predicted molar refractivity (Wildman–Crippen MR) is 96.7 cm³/mol. The van der Waals surface area contributed by atoms with E-state index in [-0.39, 0.29) is 18.3 Å². The van der Waals surface area contributed by atoms with E-state index in [4.69, 9.17) is 9.47 Å². The summed E-state index contributed by atoms with van der Waals surface area (Å²) in [6.07, 6.45) is 3.34. The van der Waals surface area contributed by atoms with Crippen LogP contribution in [-0.4, -0.2) is 31.6 Å². The molecule has 1 N–H and O–H groups in total. The maximum Gasteiger partial charge on any atom is 0.331 e. The number of rotatable bonds is 5. The Morgan fingerprint density at radius 1 is 1.16 bits per heavy atom. The van der Waals surface area contributed by atoms with Gasteiger partial charge in [-0.2, -0.15) is 0 Å². The van der Waals surface area contributed by atoms with Gasteiger partial charge >= 0.3 is 5.97 Å². The van der Waals surface area contributed by atoms with Crippen LogP contribution in [0.15, 0.2) is 12.1 Å². The Kier molecular flexibility index (Phi) is 6.09. The second-order valence-corrected chi connectivity index (χ2v) is 7.22. The van der Waals surface area contributed by atoms with E-state index in [1.54, 1.807) is 7.11 Å². The monoisotopic (exact) mass is 347 g/mol. The van der Waals surface area contributed by atoms with E-state index in [1.807, 2.05) is 26.0 Å². The Morgan fingerprint density at radius 3 is 2.20 bits per heavy atom. The third kappa shape index (κ3) is 4.33. The highest BCUT2D eigenvalue weighted by atomic mass is 16.5. The molecular weight excluding hydrogens is 318 g/mol. The average molecular weight is 347 g/mol. The third-order valence-corrected chi connectivity index (χ3v) is 5.33. The summed E-state index contributed by atoms with van der Waals surface area (Å²) < 4.78 is 10.3. The van der Waals surface area contributed by atoms with Crippen molar-refractivity contribution in [3.05, 3.63) is 28.8 Å². The first-order valence-corrected chi connectivity index (χ1v) is 8.85. The number of carbonyl (C=O) groups excluding carboxylic acids is 2. The van der Waals surface area contributed by atoms with Crippen LogP contribution in [0.1, 0.15) is 49.3 Å². The van der Waals surface area contributed by atoms with E-state index in [9.17, 15) is 9.59 Å². The molecule has 5 nitrogen and oxygen atoms in total. The summed E-state index contributed by atoms with van der Waals surface area (Å²) in [4.78, 5) is 25.0. The molecule has 0 unspecified atom stereocenters. The first-order chi connectivity index (χ1) is 11.8. The van der Waals surface area contributed by atoms with Gasteiger partial charge in [-0.1, -0.05) is 6.92 Å². The molecule has 25 heavy (non-hydrogen) atoms. The second kappa shape index (κ2) is 7.89. The number of nitrogens with one attached hydrogen (secondary N) is 1. The molecule has 0 radical (unpaired) electrons. The van der Waals surface area contributed by atoms with Crippen molar-refractivity contribution in [2.75, 3.05) is 14.2 Å². The van der Waals surface area contributed by atoms with Gasteiger partial charge < -0.3 is 14.8 Å². The molecule has 5 heteroatoms. The SMILES string of the molecule is COC(=O)C1(NC(=O)Cc2c(C)cc(OC)cc2C)CCC(C)CC1. The van der Waals surface area contributed by atoms with E-state index in [0.717, 1.165) is 35.3 Å². The van der Waals surface area contributed by atoms with E-state index < -0.39 is 5.54 Å². The van der Waals surface area contributed by atoms with E-state index in [1.165, 1.54) is 7.11 Å². The highest BCUT2D eigenvalue weighted by Gasteiger charge is 2.43. The van der Waals surface area contributed by atoms with Gasteiger partial charge in [-0.15, -0.1) is 0 Å².